The summed E-state index contributed by atoms with van der Waals surface area (Å²) in [4.78, 5) is 19.2. The molecule has 1 aliphatic rings. The van der Waals surface area contributed by atoms with Gasteiger partial charge in [-0.3, -0.25) is 4.79 Å². The number of aromatic amines is 1. The summed E-state index contributed by atoms with van der Waals surface area (Å²) in [5, 5.41) is 2.73. The average Bonchev–Trinajstić information content (AvgIpc) is 3.14. The quantitative estimate of drug-likeness (QED) is 0.856. The van der Waals surface area contributed by atoms with Gasteiger partial charge in [-0.05, 0) is 37.1 Å². The van der Waals surface area contributed by atoms with Gasteiger partial charge in [-0.2, -0.15) is 4.31 Å². The van der Waals surface area contributed by atoms with E-state index in [9.17, 15) is 13.2 Å². The van der Waals surface area contributed by atoms with Crippen molar-refractivity contribution in [3.8, 4) is 0 Å². The van der Waals surface area contributed by atoms with Crippen molar-refractivity contribution < 1.29 is 13.2 Å². The minimum absolute atomic E-state index is 0.229. The molecule has 2 heterocycles. The zero-order valence-electron chi connectivity index (χ0n) is 13.2. The van der Waals surface area contributed by atoms with Crippen molar-refractivity contribution in [2.75, 3.05) is 13.1 Å². The number of sulfonamides is 1. The van der Waals surface area contributed by atoms with Gasteiger partial charge in [-0.1, -0.05) is 6.42 Å². The van der Waals surface area contributed by atoms with Gasteiger partial charge in [0.1, 0.15) is 5.82 Å². The van der Waals surface area contributed by atoms with Gasteiger partial charge in [-0.25, -0.2) is 13.4 Å². The molecule has 7 nitrogen and oxygen atoms in total. The van der Waals surface area contributed by atoms with Crippen LogP contribution in [0.15, 0.2) is 41.6 Å². The molecule has 0 bridgehead atoms. The van der Waals surface area contributed by atoms with E-state index in [-0.39, 0.29) is 10.8 Å². The Hall–Kier alpha value is -2.19. The molecule has 8 heteroatoms. The van der Waals surface area contributed by atoms with Gasteiger partial charge in [0, 0.05) is 31.0 Å². The molecule has 0 unspecified atom stereocenters. The van der Waals surface area contributed by atoms with Crippen LogP contribution in [0.4, 0.5) is 0 Å². The lowest BCUT2D eigenvalue weighted by Crippen LogP contribution is -2.35. The first-order valence-corrected chi connectivity index (χ1v) is 9.38. The average molecular weight is 348 g/mol. The lowest BCUT2D eigenvalue weighted by atomic mass is 10.2. The summed E-state index contributed by atoms with van der Waals surface area (Å²) in [7, 11) is -3.47. The van der Waals surface area contributed by atoms with E-state index in [0.29, 0.717) is 31.0 Å². The van der Waals surface area contributed by atoms with Crippen LogP contribution in [0.1, 0.15) is 35.4 Å². The monoisotopic (exact) mass is 348 g/mol. The van der Waals surface area contributed by atoms with Gasteiger partial charge in [0.25, 0.3) is 5.91 Å². The Morgan fingerprint density at radius 1 is 1.17 bits per heavy atom. The highest BCUT2D eigenvalue weighted by atomic mass is 32.2. The van der Waals surface area contributed by atoms with E-state index in [1.54, 1.807) is 12.4 Å². The van der Waals surface area contributed by atoms with Crippen LogP contribution in [0.2, 0.25) is 0 Å². The van der Waals surface area contributed by atoms with Gasteiger partial charge >= 0.3 is 0 Å². The van der Waals surface area contributed by atoms with Crippen molar-refractivity contribution in [1.82, 2.24) is 19.6 Å². The van der Waals surface area contributed by atoms with Crippen LogP contribution < -0.4 is 5.32 Å². The lowest BCUT2D eigenvalue weighted by Gasteiger charge is -2.25. The summed E-state index contributed by atoms with van der Waals surface area (Å²) in [6.07, 6.45) is 6.16. The topological polar surface area (TPSA) is 95.2 Å². The molecule has 0 atom stereocenters. The van der Waals surface area contributed by atoms with Gasteiger partial charge in [0.2, 0.25) is 10.0 Å². The maximum atomic E-state index is 12.6. The lowest BCUT2D eigenvalue weighted by molar-refractivity contribution is 0.0950. The van der Waals surface area contributed by atoms with Crippen LogP contribution in [-0.2, 0) is 16.6 Å². The predicted molar refractivity (Wildman–Crippen MR) is 88.8 cm³/mol. The van der Waals surface area contributed by atoms with Crippen molar-refractivity contribution in [2.24, 2.45) is 0 Å². The van der Waals surface area contributed by atoms with Crippen LogP contribution in [0.5, 0.6) is 0 Å². The smallest absolute Gasteiger partial charge is 0.251 e. The van der Waals surface area contributed by atoms with E-state index in [4.69, 9.17) is 0 Å². The second-order valence-electron chi connectivity index (χ2n) is 5.71. The Morgan fingerprint density at radius 3 is 2.50 bits per heavy atom. The number of imidazole rings is 1. The standard InChI is InChI=1S/C16H20N4O3S/c21-16(19-12-15-17-8-9-18-15)13-4-6-14(7-5-13)24(22,23)20-10-2-1-3-11-20/h4-9H,1-3,10-12H2,(H,17,18)(H,19,21). The van der Waals surface area contributed by atoms with Crippen LogP contribution in [0.25, 0.3) is 0 Å². The number of aromatic nitrogens is 2. The first-order chi connectivity index (χ1) is 11.6. The second-order valence-corrected chi connectivity index (χ2v) is 7.65. The molecule has 24 heavy (non-hydrogen) atoms. The highest BCUT2D eigenvalue weighted by Gasteiger charge is 2.25. The molecule has 2 aromatic rings. The molecule has 1 aromatic carbocycles. The fourth-order valence-electron chi connectivity index (χ4n) is 2.69. The summed E-state index contributed by atoms with van der Waals surface area (Å²) in [5.41, 5.74) is 0.416. The molecular weight excluding hydrogens is 328 g/mol. The molecule has 1 fully saturated rings. The fraction of sp³-hybridized carbons (Fsp3) is 0.375. The van der Waals surface area contributed by atoms with Crippen LogP contribution in [0, 0.1) is 0 Å². The highest BCUT2D eigenvalue weighted by Crippen LogP contribution is 2.20. The number of H-pyrrole nitrogens is 1. The summed E-state index contributed by atoms with van der Waals surface area (Å²) in [6.45, 7) is 1.42. The fourth-order valence-corrected chi connectivity index (χ4v) is 4.21. The maximum Gasteiger partial charge on any atom is 0.251 e. The third kappa shape index (κ3) is 3.65. The Labute approximate surface area is 141 Å². The molecule has 128 valence electrons. The molecule has 1 aliphatic heterocycles. The Bertz CT molecular complexity index is 779. The SMILES string of the molecule is O=C(NCc1ncc[nH]1)c1ccc(S(=O)(=O)N2CCCCC2)cc1. The molecule has 0 saturated carbocycles. The minimum Gasteiger partial charge on any atom is -0.347 e. The van der Waals surface area contributed by atoms with Gasteiger partial charge in [-0.15, -0.1) is 0 Å². The third-order valence-electron chi connectivity index (χ3n) is 4.04. The first-order valence-electron chi connectivity index (χ1n) is 7.94. The number of piperidine rings is 1. The summed E-state index contributed by atoms with van der Waals surface area (Å²) in [5.74, 6) is 0.390. The van der Waals surface area contributed by atoms with E-state index in [1.165, 1.54) is 28.6 Å². The summed E-state index contributed by atoms with van der Waals surface area (Å²) >= 11 is 0. The highest BCUT2D eigenvalue weighted by molar-refractivity contribution is 7.89. The number of hydrogen-bond donors (Lipinski definition) is 2. The van der Waals surface area contributed by atoms with Crippen LogP contribution in [0.3, 0.4) is 0 Å². The molecule has 0 radical (unpaired) electrons. The predicted octanol–water partition coefficient (Wildman–Crippen LogP) is 1.51. The van der Waals surface area contributed by atoms with Crippen LogP contribution >= 0.6 is 0 Å². The maximum absolute atomic E-state index is 12.6. The molecule has 0 aliphatic carbocycles. The number of carbonyl (C=O) groups is 1. The summed E-state index contributed by atoms with van der Waals surface area (Å²) < 4.78 is 26.6. The second kappa shape index (κ2) is 7.14. The van der Waals surface area contributed by atoms with Crippen molar-refractivity contribution in [1.29, 1.82) is 0 Å². The van der Waals surface area contributed by atoms with E-state index in [2.05, 4.69) is 15.3 Å². The summed E-state index contributed by atoms with van der Waals surface area (Å²) in [6, 6.07) is 6.06. The third-order valence-corrected chi connectivity index (χ3v) is 5.95. The molecule has 1 saturated heterocycles. The van der Waals surface area contributed by atoms with Crippen LogP contribution in [-0.4, -0.2) is 41.7 Å². The number of carbonyl (C=O) groups excluding carboxylic acids is 1. The Morgan fingerprint density at radius 2 is 1.88 bits per heavy atom. The molecule has 3 rings (SSSR count). The van der Waals surface area contributed by atoms with Crippen molar-refractivity contribution >= 4 is 15.9 Å². The number of nitrogens with zero attached hydrogens (tertiary/aromatic N) is 2. The van der Waals surface area contributed by atoms with Crippen molar-refractivity contribution in [3.05, 3.63) is 48.0 Å². The van der Waals surface area contributed by atoms with Crippen molar-refractivity contribution in [2.45, 2.75) is 30.7 Å². The van der Waals surface area contributed by atoms with Gasteiger partial charge in [0.05, 0.1) is 11.4 Å². The van der Waals surface area contributed by atoms with E-state index < -0.39 is 10.0 Å². The number of benzene rings is 1. The number of rotatable bonds is 5. The normalized spacial score (nSPS) is 16.0. The number of hydrogen-bond acceptors (Lipinski definition) is 4. The van der Waals surface area contributed by atoms with E-state index in [1.807, 2.05) is 0 Å². The largest absolute Gasteiger partial charge is 0.347 e. The zero-order chi connectivity index (χ0) is 17.0. The van der Waals surface area contributed by atoms with Gasteiger partial charge < -0.3 is 10.3 Å². The number of amides is 1. The minimum atomic E-state index is -3.47. The zero-order valence-corrected chi connectivity index (χ0v) is 14.1. The molecule has 1 amide bonds. The molecular formula is C16H20N4O3S. The molecule has 1 aromatic heterocycles. The Kier molecular flexibility index (Phi) is 4.96. The Balaban J connectivity index is 1.67. The van der Waals surface area contributed by atoms with Crippen molar-refractivity contribution in [3.63, 3.8) is 0 Å². The first kappa shape index (κ1) is 16.7. The molecule has 0 spiro atoms. The van der Waals surface area contributed by atoms with E-state index >= 15 is 0 Å². The van der Waals surface area contributed by atoms with E-state index in [0.717, 1.165) is 19.3 Å². The molecule has 2 N–H and O–H groups in total. The van der Waals surface area contributed by atoms with Gasteiger partial charge in [0.15, 0.2) is 0 Å². The number of nitrogens with one attached hydrogen (secondary N) is 2.